The second-order valence-electron chi connectivity index (χ2n) is 12.7. The number of benzene rings is 2. The van der Waals surface area contributed by atoms with Gasteiger partial charge in [-0.2, -0.15) is 4.98 Å². The van der Waals surface area contributed by atoms with Crippen LogP contribution in [-0.2, 0) is 4.99 Å². The third-order valence-corrected chi connectivity index (χ3v) is 11.0. The monoisotopic (exact) mass is 629 g/mol. The summed E-state index contributed by atoms with van der Waals surface area (Å²) in [6, 6.07) is 6.82. The molecule has 3 aromatic rings. The van der Waals surface area contributed by atoms with E-state index in [9.17, 15) is 0 Å². The van der Waals surface area contributed by atoms with Crippen molar-refractivity contribution in [3.8, 4) is 6.01 Å². The number of ether oxygens (including phenoxy) is 1. The number of hydrogen-bond acceptors (Lipinski definition) is 9. The molecule has 0 spiro atoms. The van der Waals surface area contributed by atoms with Crippen molar-refractivity contribution in [1.82, 2.24) is 20.2 Å². The topological polar surface area (TPSA) is 91.6 Å². The number of nitrogens with two attached hydrogens (primary N) is 1. The van der Waals surface area contributed by atoms with Gasteiger partial charge in [0, 0.05) is 60.9 Å². The van der Waals surface area contributed by atoms with Crippen molar-refractivity contribution in [2.45, 2.75) is 93.0 Å². The zero-order valence-corrected chi connectivity index (χ0v) is 26.2. The lowest BCUT2D eigenvalue weighted by Gasteiger charge is -2.40. The molecule has 2 aromatic carbocycles. The minimum absolute atomic E-state index is 0.0224. The van der Waals surface area contributed by atoms with Crippen molar-refractivity contribution >= 4 is 45.6 Å². The van der Waals surface area contributed by atoms with Gasteiger partial charge in [-0.1, -0.05) is 41.9 Å². The molecule has 12 heteroatoms. The number of fused-ring (bicyclic) bond motifs is 4. The van der Waals surface area contributed by atoms with Crippen molar-refractivity contribution in [1.29, 1.82) is 0 Å². The fourth-order valence-corrected chi connectivity index (χ4v) is 8.74. The number of hydrogen-bond donors (Lipinski definition) is 3. The molecule has 0 aliphatic carbocycles. The summed E-state index contributed by atoms with van der Waals surface area (Å²) in [4.78, 5) is 12.3. The third kappa shape index (κ3) is 5.31. The van der Waals surface area contributed by atoms with Crippen LogP contribution in [0.3, 0.4) is 0 Å². The fraction of sp³-hybridized carbons (Fsp3) is 0.548. The number of piperazine rings is 1. The maximum absolute atomic E-state index is 16.3. The Kier molecular flexibility index (Phi) is 7.61. The summed E-state index contributed by atoms with van der Waals surface area (Å²) < 4.78 is 37.8. The first kappa shape index (κ1) is 29.3. The van der Waals surface area contributed by atoms with Crippen LogP contribution < -0.4 is 26.0 Å². The lowest BCUT2D eigenvalue weighted by molar-refractivity contribution is 0.0547. The summed E-state index contributed by atoms with van der Waals surface area (Å²) in [6.07, 6.45) is 7.17. The lowest BCUT2D eigenvalue weighted by Crippen LogP contribution is -2.51. The molecule has 0 amide bonds. The maximum atomic E-state index is 16.3. The van der Waals surface area contributed by atoms with Crippen molar-refractivity contribution in [3.05, 3.63) is 46.6 Å². The quantitative estimate of drug-likeness (QED) is 0.312. The molecule has 7 rings (SSSR count). The number of halogens is 3. The van der Waals surface area contributed by atoms with E-state index < -0.39 is 16.6 Å². The first-order valence-corrected chi connectivity index (χ1v) is 16.5. The number of thioether (sulfide) groups is 1. The second-order valence-corrected chi connectivity index (χ2v) is 14.3. The smallest absolute Gasteiger partial charge is 0.317 e. The van der Waals surface area contributed by atoms with Gasteiger partial charge in [-0.3, -0.25) is 10.6 Å². The van der Waals surface area contributed by atoms with Crippen LogP contribution in [0.1, 0.15) is 58.4 Å². The van der Waals surface area contributed by atoms with Gasteiger partial charge in [0.1, 0.15) is 11.6 Å². The van der Waals surface area contributed by atoms with E-state index in [0.29, 0.717) is 35.2 Å². The molecule has 2 bridgehead atoms. The molecule has 4 aliphatic heterocycles. The molecule has 0 saturated carbocycles. The van der Waals surface area contributed by atoms with Gasteiger partial charge in [0.2, 0.25) is 0 Å². The highest BCUT2D eigenvalue weighted by atomic mass is 35.5. The lowest BCUT2D eigenvalue weighted by atomic mass is 9.97. The van der Waals surface area contributed by atoms with Crippen LogP contribution in [0, 0.1) is 11.6 Å². The number of piperidine rings is 1. The largest absolute Gasteiger partial charge is 0.459 e. The second kappa shape index (κ2) is 11.2. The molecule has 4 aliphatic rings. The van der Waals surface area contributed by atoms with E-state index in [2.05, 4.69) is 44.2 Å². The average molecular weight is 630 g/mol. The standard InChI is InChI=1S/C31H38ClF2N7OS/c1-16-5-4-6-17(2)41(16)13-18(3)42-30-36-12-19-7-10-22(25(33)27(19)38-30)31(35)39-28-24(11-23(32)26(34)29(28)43-31)40-14-20-8-9-21(15-40)37-20/h7,10-12,16-18,20-21,37,39H,4-6,8-9,13-15,35H2,1-3H3/t16?,17?,18-,20?,21?,31?/m0/s1. The molecule has 3 saturated heterocycles. The van der Waals surface area contributed by atoms with Crippen LogP contribution in [0.4, 0.5) is 20.2 Å². The first-order valence-electron chi connectivity index (χ1n) is 15.3. The van der Waals surface area contributed by atoms with E-state index in [4.69, 9.17) is 22.1 Å². The predicted octanol–water partition coefficient (Wildman–Crippen LogP) is 5.82. The molecule has 0 radical (unpaired) electrons. The molecule has 8 nitrogen and oxygen atoms in total. The van der Waals surface area contributed by atoms with Crippen LogP contribution in [0.5, 0.6) is 6.01 Å². The van der Waals surface area contributed by atoms with Gasteiger partial charge >= 0.3 is 6.01 Å². The zero-order valence-electron chi connectivity index (χ0n) is 24.7. The maximum Gasteiger partial charge on any atom is 0.317 e. The number of likely N-dealkylation sites (tertiary alicyclic amines) is 1. The molecule has 43 heavy (non-hydrogen) atoms. The number of rotatable bonds is 6. The summed E-state index contributed by atoms with van der Waals surface area (Å²) >= 11 is 7.41. The normalized spacial score (nSPS) is 29.5. The highest BCUT2D eigenvalue weighted by molar-refractivity contribution is 8.00. The Balaban J connectivity index is 1.16. The molecule has 230 valence electrons. The van der Waals surface area contributed by atoms with Gasteiger partial charge in [0.05, 0.1) is 21.3 Å². The number of nitrogens with one attached hydrogen (secondary N) is 2. The minimum atomic E-state index is -1.48. The third-order valence-electron chi connectivity index (χ3n) is 9.51. The van der Waals surface area contributed by atoms with Crippen molar-refractivity contribution in [3.63, 3.8) is 0 Å². The molecule has 1 aromatic heterocycles. The van der Waals surface area contributed by atoms with Crippen LogP contribution in [0.25, 0.3) is 10.9 Å². The molecule has 3 fully saturated rings. The summed E-state index contributed by atoms with van der Waals surface area (Å²) in [5.41, 5.74) is 8.44. The molecule has 5 heterocycles. The summed E-state index contributed by atoms with van der Waals surface area (Å²) in [5.74, 6) is -1.16. The number of aromatic nitrogens is 2. The van der Waals surface area contributed by atoms with Gasteiger partial charge in [-0.15, -0.1) is 0 Å². The summed E-state index contributed by atoms with van der Waals surface area (Å²) in [5, 5.41) is 7.44. The average Bonchev–Trinajstić information content (AvgIpc) is 3.51. The molecule has 4 N–H and O–H groups in total. The van der Waals surface area contributed by atoms with Gasteiger partial charge in [0.15, 0.2) is 16.6 Å². The van der Waals surface area contributed by atoms with Crippen LogP contribution in [-0.4, -0.2) is 64.8 Å². The van der Waals surface area contributed by atoms with Crippen LogP contribution >= 0.6 is 23.4 Å². The summed E-state index contributed by atoms with van der Waals surface area (Å²) in [6.45, 7) is 8.79. The molecular formula is C31H38ClF2N7OS. The highest BCUT2D eigenvalue weighted by Crippen LogP contribution is 2.55. The SMILES string of the molecule is CC1CCCC(C)N1C[C@H](C)Oc1ncc2ccc(C3(N)Nc4c(N5CC6CCC(C5)N6)cc(Cl)c(F)c4S3)c(F)c2n1. The van der Waals surface area contributed by atoms with Crippen molar-refractivity contribution < 1.29 is 13.5 Å². The van der Waals surface area contributed by atoms with Crippen LogP contribution in [0.2, 0.25) is 5.02 Å². The van der Waals surface area contributed by atoms with Crippen molar-refractivity contribution in [2.24, 2.45) is 5.73 Å². The van der Waals surface area contributed by atoms with Crippen LogP contribution in [0.15, 0.2) is 29.3 Å². The van der Waals surface area contributed by atoms with Gasteiger partial charge in [-0.25, -0.2) is 13.8 Å². The van der Waals surface area contributed by atoms with E-state index in [1.807, 2.05) is 6.92 Å². The number of anilines is 2. The van der Waals surface area contributed by atoms with Gasteiger partial charge in [0.25, 0.3) is 0 Å². The van der Waals surface area contributed by atoms with E-state index in [-0.39, 0.29) is 33.1 Å². The first-order chi connectivity index (χ1) is 20.6. The van der Waals surface area contributed by atoms with E-state index in [1.54, 1.807) is 24.4 Å². The molecule has 5 unspecified atom stereocenters. The Hall–Kier alpha value is -2.44. The Morgan fingerprint density at radius 3 is 2.58 bits per heavy atom. The highest BCUT2D eigenvalue weighted by Gasteiger charge is 2.44. The molecule has 6 atom stereocenters. The van der Waals surface area contributed by atoms with E-state index in [0.717, 1.165) is 49.9 Å². The van der Waals surface area contributed by atoms with Gasteiger partial charge in [-0.05, 0) is 52.5 Å². The Bertz CT molecular complexity index is 1540. The Morgan fingerprint density at radius 1 is 1.14 bits per heavy atom. The van der Waals surface area contributed by atoms with E-state index in [1.165, 1.54) is 19.3 Å². The minimum Gasteiger partial charge on any atom is -0.459 e. The van der Waals surface area contributed by atoms with Crippen molar-refractivity contribution in [2.75, 3.05) is 29.9 Å². The number of nitrogens with zero attached hydrogens (tertiary/aromatic N) is 4. The Morgan fingerprint density at radius 2 is 1.86 bits per heavy atom. The fourth-order valence-electron chi connectivity index (χ4n) is 7.28. The predicted molar refractivity (Wildman–Crippen MR) is 168 cm³/mol. The van der Waals surface area contributed by atoms with E-state index >= 15 is 8.78 Å². The zero-order chi connectivity index (χ0) is 30.0. The van der Waals surface area contributed by atoms with Gasteiger partial charge < -0.3 is 20.3 Å². The molecular weight excluding hydrogens is 592 g/mol. The summed E-state index contributed by atoms with van der Waals surface area (Å²) in [7, 11) is 0. The Labute approximate surface area is 260 Å².